The summed E-state index contributed by atoms with van der Waals surface area (Å²) in [5.41, 5.74) is 3.42. The maximum atomic E-state index is 12.7. The van der Waals surface area contributed by atoms with Gasteiger partial charge < -0.3 is 14.8 Å². The number of aryl methyl sites for hydroxylation is 2. The average molecular weight is 377 g/mol. The lowest BCUT2D eigenvalue weighted by Crippen LogP contribution is -2.43. The van der Waals surface area contributed by atoms with Crippen LogP contribution in [0.1, 0.15) is 24.8 Å². The molecular weight excluding hydrogens is 350 g/mol. The van der Waals surface area contributed by atoms with Gasteiger partial charge >= 0.3 is 0 Å². The van der Waals surface area contributed by atoms with Crippen LogP contribution < -0.4 is 10.2 Å². The minimum Gasteiger partial charge on any atom is -0.370 e. The number of anilines is 1. The zero-order valence-corrected chi connectivity index (χ0v) is 16.3. The van der Waals surface area contributed by atoms with Crippen LogP contribution in [0.2, 0.25) is 0 Å². The topological polar surface area (TPSA) is 63.1 Å². The molecule has 1 unspecified atom stereocenters. The molecule has 0 aliphatic carbocycles. The second-order valence-corrected chi connectivity index (χ2v) is 7.58. The molecule has 1 saturated heterocycles. The largest absolute Gasteiger partial charge is 0.370 e. The molecule has 1 N–H and O–H groups in total. The standard InChI is InChI=1S/C22H27N5O/c1-17-5-6-20-19(14-17)21(7-9-24-20)27-12-2-4-18(15-27)22(28)25-8-3-11-26-13-10-23-16-26/h5-7,9-10,13-14,16,18H,2-4,8,11-12,15H2,1H3,(H,25,28). The van der Waals surface area contributed by atoms with Gasteiger partial charge in [0.25, 0.3) is 0 Å². The molecular formula is C22H27N5O. The predicted octanol–water partition coefficient (Wildman–Crippen LogP) is 3.16. The summed E-state index contributed by atoms with van der Waals surface area (Å²) < 4.78 is 2.03. The van der Waals surface area contributed by atoms with Crippen LogP contribution in [-0.2, 0) is 11.3 Å². The Bertz CT molecular complexity index is 937. The van der Waals surface area contributed by atoms with Crippen molar-refractivity contribution in [3.05, 3.63) is 54.7 Å². The summed E-state index contributed by atoms with van der Waals surface area (Å²) >= 11 is 0. The zero-order chi connectivity index (χ0) is 19.3. The monoisotopic (exact) mass is 377 g/mol. The van der Waals surface area contributed by atoms with Gasteiger partial charge in [-0.25, -0.2) is 4.98 Å². The minimum atomic E-state index is 0.0371. The lowest BCUT2D eigenvalue weighted by Gasteiger charge is -2.34. The van der Waals surface area contributed by atoms with E-state index in [2.05, 4.69) is 51.4 Å². The van der Waals surface area contributed by atoms with Gasteiger partial charge in [-0.15, -0.1) is 0 Å². The van der Waals surface area contributed by atoms with Crippen LogP contribution in [0, 0.1) is 12.8 Å². The summed E-state index contributed by atoms with van der Waals surface area (Å²) in [5.74, 6) is 0.208. The van der Waals surface area contributed by atoms with Gasteiger partial charge in [-0.2, -0.15) is 0 Å². The Morgan fingerprint density at radius 3 is 3.07 bits per heavy atom. The molecule has 3 heterocycles. The van der Waals surface area contributed by atoms with Crippen molar-refractivity contribution >= 4 is 22.5 Å². The minimum absolute atomic E-state index is 0.0371. The van der Waals surface area contributed by atoms with Gasteiger partial charge in [0, 0.05) is 55.8 Å². The Morgan fingerprint density at radius 2 is 2.21 bits per heavy atom. The maximum absolute atomic E-state index is 12.7. The summed E-state index contributed by atoms with van der Waals surface area (Å²) in [5, 5.41) is 4.29. The van der Waals surface area contributed by atoms with Crippen LogP contribution in [0.5, 0.6) is 0 Å². The number of pyridine rings is 1. The molecule has 0 bridgehead atoms. The summed E-state index contributed by atoms with van der Waals surface area (Å²) in [6.45, 7) is 5.43. The van der Waals surface area contributed by atoms with Crippen molar-refractivity contribution in [3.8, 4) is 0 Å². The quantitative estimate of drug-likeness (QED) is 0.670. The molecule has 0 saturated carbocycles. The van der Waals surface area contributed by atoms with Crippen LogP contribution in [-0.4, -0.2) is 40.1 Å². The van der Waals surface area contributed by atoms with E-state index in [4.69, 9.17) is 0 Å². The maximum Gasteiger partial charge on any atom is 0.224 e. The van der Waals surface area contributed by atoms with Crippen LogP contribution >= 0.6 is 0 Å². The summed E-state index contributed by atoms with van der Waals surface area (Å²) in [4.78, 5) is 23.6. The molecule has 3 aromatic rings. The lowest BCUT2D eigenvalue weighted by molar-refractivity contribution is -0.125. The highest BCUT2D eigenvalue weighted by Gasteiger charge is 2.26. The van der Waals surface area contributed by atoms with E-state index in [1.165, 1.54) is 16.6 Å². The van der Waals surface area contributed by atoms with Crippen LogP contribution in [0.3, 0.4) is 0 Å². The van der Waals surface area contributed by atoms with E-state index < -0.39 is 0 Å². The van der Waals surface area contributed by atoms with E-state index in [0.29, 0.717) is 6.54 Å². The summed E-state index contributed by atoms with van der Waals surface area (Å²) in [7, 11) is 0. The zero-order valence-electron chi connectivity index (χ0n) is 16.3. The van der Waals surface area contributed by atoms with Gasteiger partial charge in [0.05, 0.1) is 17.8 Å². The van der Waals surface area contributed by atoms with Gasteiger partial charge in [-0.3, -0.25) is 9.78 Å². The Hall–Kier alpha value is -2.89. The highest BCUT2D eigenvalue weighted by Crippen LogP contribution is 2.30. The molecule has 1 aliphatic rings. The first kappa shape index (κ1) is 18.5. The van der Waals surface area contributed by atoms with Crippen LogP contribution in [0.15, 0.2) is 49.2 Å². The number of carbonyl (C=O) groups is 1. The highest BCUT2D eigenvalue weighted by molar-refractivity contribution is 5.92. The third kappa shape index (κ3) is 4.16. The van der Waals surface area contributed by atoms with Crippen molar-refractivity contribution in [1.82, 2.24) is 19.9 Å². The van der Waals surface area contributed by atoms with Crippen molar-refractivity contribution in [1.29, 1.82) is 0 Å². The number of piperidine rings is 1. The predicted molar refractivity (Wildman–Crippen MR) is 111 cm³/mol. The number of nitrogens with one attached hydrogen (secondary N) is 1. The fraction of sp³-hybridized carbons (Fsp3) is 0.409. The number of hydrogen-bond acceptors (Lipinski definition) is 4. The smallest absolute Gasteiger partial charge is 0.224 e. The fourth-order valence-corrected chi connectivity index (χ4v) is 3.97. The molecule has 6 heteroatoms. The molecule has 1 atom stereocenters. The number of imidazole rings is 1. The summed E-state index contributed by atoms with van der Waals surface area (Å²) in [6.07, 6.45) is 10.3. The Balaban J connectivity index is 1.37. The highest BCUT2D eigenvalue weighted by atomic mass is 16.1. The van der Waals surface area contributed by atoms with Crippen molar-refractivity contribution < 1.29 is 4.79 Å². The summed E-state index contributed by atoms with van der Waals surface area (Å²) in [6, 6.07) is 8.43. The van der Waals surface area contributed by atoms with Gasteiger partial charge in [-0.05, 0) is 44.4 Å². The number of nitrogens with zero attached hydrogens (tertiary/aromatic N) is 4. The average Bonchev–Trinajstić information content (AvgIpc) is 3.24. The molecule has 28 heavy (non-hydrogen) atoms. The van der Waals surface area contributed by atoms with E-state index in [1.807, 2.05) is 23.3 Å². The number of benzene rings is 1. The van der Waals surface area contributed by atoms with E-state index in [-0.39, 0.29) is 11.8 Å². The lowest BCUT2D eigenvalue weighted by atomic mass is 9.96. The number of fused-ring (bicyclic) bond motifs is 1. The Labute approximate surface area is 165 Å². The first-order chi connectivity index (χ1) is 13.7. The second-order valence-electron chi connectivity index (χ2n) is 7.58. The number of amides is 1. The third-order valence-electron chi connectivity index (χ3n) is 5.46. The molecule has 4 rings (SSSR count). The Morgan fingerprint density at radius 1 is 1.29 bits per heavy atom. The van der Waals surface area contributed by atoms with Gasteiger partial charge in [0.2, 0.25) is 5.91 Å². The molecule has 1 amide bonds. The van der Waals surface area contributed by atoms with Gasteiger partial charge in [-0.1, -0.05) is 11.6 Å². The number of rotatable bonds is 6. The molecule has 1 aliphatic heterocycles. The van der Waals surface area contributed by atoms with Crippen molar-refractivity contribution in [3.63, 3.8) is 0 Å². The van der Waals surface area contributed by atoms with Crippen molar-refractivity contribution in [2.45, 2.75) is 32.7 Å². The van der Waals surface area contributed by atoms with E-state index >= 15 is 0 Å². The van der Waals surface area contributed by atoms with Crippen molar-refractivity contribution in [2.24, 2.45) is 5.92 Å². The van der Waals surface area contributed by atoms with Crippen LogP contribution in [0.25, 0.3) is 10.9 Å². The van der Waals surface area contributed by atoms with Gasteiger partial charge in [0.15, 0.2) is 0 Å². The fourth-order valence-electron chi connectivity index (χ4n) is 3.97. The van der Waals surface area contributed by atoms with E-state index in [1.54, 1.807) is 6.20 Å². The molecule has 1 fully saturated rings. The van der Waals surface area contributed by atoms with Crippen molar-refractivity contribution in [2.75, 3.05) is 24.5 Å². The first-order valence-electron chi connectivity index (χ1n) is 10.0. The molecule has 6 nitrogen and oxygen atoms in total. The number of hydrogen-bond donors (Lipinski definition) is 1. The SMILES string of the molecule is Cc1ccc2nccc(N3CCCC(C(=O)NCCCn4ccnc4)C3)c2c1. The van der Waals surface area contributed by atoms with Crippen LogP contribution in [0.4, 0.5) is 5.69 Å². The molecule has 0 radical (unpaired) electrons. The first-order valence-corrected chi connectivity index (χ1v) is 10.0. The Kier molecular flexibility index (Phi) is 5.55. The molecule has 146 valence electrons. The molecule has 1 aromatic carbocycles. The van der Waals surface area contributed by atoms with E-state index in [9.17, 15) is 4.79 Å². The second kappa shape index (κ2) is 8.42. The molecule has 0 spiro atoms. The normalized spacial score (nSPS) is 17.0. The number of aromatic nitrogens is 3. The number of carbonyl (C=O) groups excluding carboxylic acids is 1. The van der Waals surface area contributed by atoms with E-state index in [0.717, 1.165) is 44.4 Å². The third-order valence-corrected chi connectivity index (χ3v) is 5.46. The molecule has 2 aromatic heterocycles. The van der Waals surface area contributed by atoms with Gasteiger partial charge in [0.1, 0.15) is 0 Å².